The summed E-state index contributed by atoms with van der Waals surface area (Å²) in [6.07, 6.45) is 0.852. The fraction of sp³-hybridized carbons (Fsp3) is 0.263. The minimum absolute atomic E-state index is 0.00721. The number of rotatable bonds is 5. The van der Waals surface area contributed by atoms with Crippen LogP contribution in [0, 0.1) is 5.92 Å². The van der Waals surface area contributed by atoms with Crippen LogP contribution in [0.2, 0.25) is 5.02 Å². The first-order chi connectivity index (χ1) is 11.5. The second-order valence-electron chi connectivity index (χ2n) is 6.26. The van der Waals surface area contributed by atoms with Gasteiger partial charge in [-0.05, 0) is 47.7 Å². The Bertz CT molecular complexity index is 790. The van der Waals surface area contributed by atoms with Crippen LogP contribution in [0.1, 0.15) is 33.8 Å². The number of hydrogen-bond acceptors (Lipinski definition) is 2. The molecule has 1 fully saturated rings. The van der Waals surface area contributed by atoms with Crippen LogP contribution in [0.5, 0.6) is 0 Å². The summed E-state index contributed by atoms with van der Waals surface area (Å²) in [7, 11) is 1.78. The fourth-order valence-electron chi connectivity index (χ4n) is 3.03. The molecule has 2 aromatic rings. The van der Waals surface area contributed by atoms with Gasteiger partial charge in [0.25, 0.3) is 0 Å². The Morgan fingerprint density at radius 2 is 1.96 bits per heavy atom. The lowest BCUT2D eigenvalue weighted by atomic mass is 10.1. The van der Waals surface area contributed by atoms with Crippen LogP contribution in [0.15, 0.2) is 48.5 Å². The van der Waals surface area contributed by atoms with E-state index in [0.29, 0.717) is 17.1 Å². The second-order valence-corrected chi connectivity index (χ2v) is 6.70. The van der Waals surface area contributed by atoms with Crippen molar-refractivity contribution in [3.8, 4) is 0 Å². The SMILES string of the molecule is CN(Cc1cccc(C(N)=O)c1)C(=O)[C@H]1C[C@@H]1c1cccc(Cl)c1. The molecule has 0 radical (unpaired) electrons. The molecule has 4 nitrogen and oxygen atoms in total. The largest absolute Gasteiger partial charge is 0.366 e. The van der Waals surface area contributed by atoms with Crippen molar-refractivity contribution in [1.82, 2.24) is 4.90 Å². The smallest absolute Gasteiger partial charge is 0.248 e. The summed E-state index contributed by atoms with van der Waals surface area (Å²) in [6, 6.07) is 14.8. The minimum atomic E-state index is -0.464. The van der Waals surface area contributed by atoms with E-state index >= 15 is 0 Å². The summed E-state index contributed by atoms with van der Waals surface area (Å²) >= 11 is 6.02. The summed E-state index contributed by atoms with van der Waals surface area (Å²) in [4.78, 5) is 25.6. The van der Waals surface area contributed by atoms with Crippen LogP contribution < -0.4 is 5.73 Å². The van der Waals surface area contributed by atoms with Gasteiger partial charge in [-0.15, -0.1) is 0 Å². The van der Waals surface area contributed by atoms with Gasteiger partial charge in [0.05, 0.1) is 0 Å². The Morgan fingerprint density at radius 1 is 1.21 bits per heavy atom. The zero-order chi connectivity index (χ0) is 17.3. The van der Waals surface area contributed by atoms with Crippen LogP contribution in [0.25, 0.3) is 0 Å². The average Bonchev–Trinajstić information content (AvgIpc) is 3.35. The van der Waals surface area contributed by atoms with Gasteiger partial charge in [0.15, 0.2) is 0 Å². The molecule has 0 aliphatic heterocycles. The molecule has 124 valence electrons. The van der Waals surface area contributed by atoms with Gasteiger partial charge in [0.1, 0.15) is 0 Å². The van der Waals surface area contributed by atoms with Gasteiger partial charge in [0, 0.05) is 30.1 Å². The lowest BCUT2D eigenvalue weighted by Gasteiger charge is -2.18. The van der Waals surface area contributed by atoms with E-state index < -0.39 is 5.91 Å². The summed E-state index contributed by atoms with van der Waals surface area (Å²) in [6.45, 7) is 0.457. The highest BCUT2D eigenvalue weighted by molar-refractivity contribution is 6.30. The van der Waals surface area contributed by atoms with Crippen molar-refractivity contribution in [1.29, 1.82) is 0 Å². The standard InChI is InChI=1S/C19H19ClN2O2/c1-22(11-12-4-2-6-14(8-12)18(21)23)19(24)17-10-16(17)13-5-3-7-15(20)9-13/h2-9,16-17H,10-11H2,1H3,(H2,21,23)/t16-,17+/m1/s1. The molecular weight excluding hydrogens is 324 g/mol. The molecule has 1 aliphatic carbocycles. The van der Waals surface area contributed by atoms with Crippen molar-refractivity contribution in [3.05, 3.63) is 70.2 Å². The number of primary amides is 1. The third-order valence-corrected chi connectivity index (χ3v) is 4.63. The maximum atomic E-state index is 12.6. The van der Waals surface area contributed by atoms with E-state index in [0.717, 1.165) is 17.5 Å². The van der Waals surface area contributed by atoms with Gasteiger partial charge < -0.3 is 10.6 Å². The zero-order valence-corrected chi connectivity index (χ0v) is 14.2. The van der Waals surface area contributed by atoms with Gasteiger partial charge in [0.2, 0.25) is 11.8 Å². The van der Waals surface area contributed by atoms with Gasteiger partial charge in [-0.3, -0.25) is 9.59 Å². The van der Waals surface area contributed by atoms with Crippen LogP contribution in [-0.4, -0.2) is 23.8 Å². The lowest BCUT2D eigenvalue weighted by molar-refractivity contribution is -0.131. The molecule has 0 spiro atoms. The molecule has 3 rings (SSSR count). The van der Waals surface area contributed by atoms with E-state index in [9.17, 15) is 9.59 Å². The molecule has 1 saturated carbocycles. The molecule has 0 heterocycles. The third-order valence-electron chi connectivity index (χ3n) is 4.39. The molecule has 0 saturated heterocycles. The first-order valence-electron chi connectivity index (χ1n) is 7.85. The van der Waals surface area contributed by atoms with E-state index in [-0.39, 0.29) is 17.7 Å². The molecule has 1 aliphatic rings. The normalized spacial score (nSPS) is 18.9. The van der Waals surface area contributed by atoms with Crippen molar-refractivity contribution in [3.63, 3.8) is 0 Å². The highest BCUT2D eigenvalue weighted by Crippen LogP contribution is 2.48. The monoisotopic (exact) mass is 342 g/mol. The Labute approximate surface area is 146 Å². The molecule has 2 atom stereocenters. The van der Waals surface area contributed by atoms with Crippen molar-refractivity contribution in [2.75, 3.05) is 7.05 Å². The molecule has 24 heavy (non-hydrogen) atoms. The summed E-state index contributed by atoms with van der Waals surface area (Å²) < 4.78 is 0. The highest BCUT2D eigenvalue weighted by atomic mass is 35.5. The maximum Gasteiger partial charge on any atom is 0.248 e. The van der Waals surface area contributed by atoms with E-state index in [4.69, 9.17) is 17.3 Å². The second kappa shape index (κ2) is 6.65. The van der Waals surface area contributed by atoms with Crippen molar-refractivity contribution < 1.29 is 9.59 Å². The predicted molar refractivity (Wildman–Crippen MR) is 93.7 cm³/mol. The van der Waals surface area contributed by atoms with Crippen LogP contribution >= 0.6 is 11.6 Å². The molecule has 5 heteroatoms. The van der Waals surface area contributed by atoms with E-state index in [1.807, 2.05) is 30.3 Å². The molecule has 2 N–H and O–H groups in total. The Hall–Kier alpha value is -2.33. The third kappa shape index (κ3) is 3.60. The number of hydrogen-bond donors (Lipinski definition) is 1. The van der Waals surface area contributed by atoms with Crippen molar-refractivity contribution in [2.45, 2.75) is 18.9 Å². The van der Waals surface area contributed by atoms with E-state index in [2.05, 4.69) is 0 Å². The summed E-state index contributed by atoms with van der Waals surface area (Å²) in [5.41, 5.74) is 7.76. The predicted octanol–water partition coefficient (Wildman–Crippen LogP) is 3.20. The first-order valence-corrected chi connectivity index (χ1v) is 8.22. The van der Waals surface area contributed by atoms with Crippen LogP contribution in [0.3, 0.4) is 0 Å². The molecule has 0 aromatic heterocycles. The summed E-state index contributed by atoms with van der Waals surface area (Å²) in [5.74, 6) is -0.0955. The van der Waals surface area contributed by atoms with Gasteiger partial charge in [-0.2, -0.15) is 0 Å². The maximum absolute atomic E-state index is 12.6. The van der Waals surface area contributed by atoms with Gasteiger partial charge in [-0.25, -0.2) is 0 Å². The van der Waals surface area contributed by atoms with Gasteiger partial charge >= 0.3 is 0 Å². The summed E-state index contributed by atoms with van der Waals surface area (Å²) in [5, 5.41) is 0.697. The number of amides is 2. The Kier molecular flexibility index (Phi) is 4.58. The van der Waals surface area contributed by atoms with Crippen LogP contribution in [-0.2, 0) is 11.3 Å². The van der Waals surface area contributed by atoms with Gasteiger partial charge in [-0.1, -0.05) is 35.9 Å². The Balaban J connectivity index is 1.64. The quantitative estimate of drug-likeness (QED) is 0.906. The number of nitrogens with two attached hydrogens (primary N) is 1. The molecule has 2 amide bonds. The topological polar surface area (TPSA) is 63.4 Å². The number of nitrogens with zero attached hydrogens (tertiary/aromatic N) is 1. The molecule has 0 bridgehead atoms. The first kappa shape index (κ1) is 16.5. The van der Waals surface area contributed by atoms with Crippen molar-refractivity contribution >= 4 is 23.4 Å². The molecule has 2 aromatic carbocycles. The zero-order valence-electron chi connectivity index (χ0n) is 13.4. The average molecular weight is 343 g/mol. The Morgan fingerprint density at radius 3 is 2.67 bits per heavy atom. The fourth-order valence-corrected chi connectivity index (χ4v) is 3.23. The number of benzene rings is 2. The molecule has 0 unspecified atom stereocenters. The highest BCUT2D eigenvalue weighted by Gasteiger charge is 2.45. The number of halogens is 1. The van der Waals surface area contributed by atoms with E-state index in [1.165, 1.54) is 0 Å². The van der Waals surface area contributed by atoms with E-state index in [1.54, 1.807) is 30.1 Å². The minimum Gasteiger partial charge on any atom is -0.366 e. The molecular formula is C19H19ClN2O2. The van der Waals surface area contributed by atoms with Crippen LogP contribution in [0.4, 0.5) is 0 Å². The number of carbonyl (C=O) groups is 2. The van der Waals surface area contributed by atoms with Crippen molar-refractivity contribution in [2.24, 2.45) is 11.7 Å². The number of carbonyl (C=O) groups excluding carboxylic acids is 2. The lowest BCUT2D eigenvalue weighted by Crippen LogP contribution is -2.28.